The van der Waals surface area contributed by atoms with Gasteiger partial charge in [-0.2, -0.15) is 0 Å². The second-order valence-electron chi connectivity index (χ2n) is 3.94. The van der Waals surface area contributed by atoms with Gasteiger partial charge in [0.15, 0.2) is 0 Å². The molecule has 2 heterocycles. The van der Waals surface area contributed by atoms with Gasteiger partial charge in [0.05, 0.1) is 12.8 Å². The molecule has 0 saturated heterocycles. The van der Waals surface area contributed by atoms with E-state index in [0.717, 1.165) is 5.56 Å². The van der Waals surface area contributed by atoms with Crippen LogP contribution in [0.4, 0.5) is 5.69 Å². The molecule has 20 heavy (non-hydrogen) atoms. The Morgan fingerprint density at radius 3 is 2.85 bits per heavy atom. The number of hydrogen-bond donors (Lipinski definition) is 1. The highest BCUT2D eigenvalue weighted by molar-refractivity contribution is 7.12. The number of nitrogens with zero attached hydrogens (tertiary/aromatic N) is 1. The maximum absolute atomic E-state index is 12.1. The van der Waals surface area contributed by atoms with Crippen molar-refractivity contribution in [1.29, 1.82) is 0 Å². The highest BCUT2D eigenvalue weighted by atomic mass is 35.5. The SMILES string of the molecule is COC(=O)c1scc(C)c1NC(=O)c1ccnc(Cl)c1. The molecule has 1 amide bonds. The van der Waals surface area contributed by atoms with Crippen LogP contribution >= 0.6 is 22.9 Å². The van der Waals surface area contributed by atoms with E-state index in [1.54, 1.807) is 18.4 Å². The number of carbonyl (C=O) groups excluding carboxylic acids is 2. The van der Waals surface area contributed by atoms with E-state index < -0.39 is 5.97 Å². The van der Waals surface area contributed by atoms with E-state index in [4.69, 9.17) is 11.6 Å². The highest BCUT2D eigenvalue weighted by Crippen LogP contribution is 2.28. The minimum atomic E-state index is -0.480. The Bertz CT molecular complexity index is 669. The van der Waals surface area contributed by atoms with Crippen molar-refractivity contribution in [2.24, 2.45) is 0 Å². The van der Waals surface area contributed by atoms with Crippen LogP contribution in [0.15, 0.2) is 23.7 Å². The molecule has 7 heteroatoms. The molecule has 0 aliphatic rings. The van der Waals surface area contributed by atoms with Gasteiger partial charge in [0, 0.05) is 11.8 Å². The summed E-state index contributed by atoms with van der Waals surface area (Å²) in [6, 6.07) is 3.00. The first-order valence-corrected chi connectivity index (χ1v) is 6.88. The zero-order valence-corrected chi connectivity index (χ0v) is 12.3. The number of ether oxygens (including phenoxy) is 1. The molecule has 0 aliphatic carbocycles. The third kappa shape index (κ3) is 2.97. The lowest BCUT2D eigenvalue weighted by molar-refractivity contribution is 0.0607. The first-order chi connectivity index (χ1) is 9.52. The van der Waals surface area contributed by atoms with Gasteiger partial charge < -0.3 is 10.1 Å². The molecule has 0 saturated carbocycles. The molecule has 2 aromatic rings. The molecule has 0 unspecified atom stereocenters. The van der Waals surface area contributed by atoms with Crippen LogP contribution in [0.5, 0.6) is 0 Å². The van der Waals surface area contributed by atoms with Crippen LogP contribution in [-0.2, 0) is 4.74 Å². The summed E-state index contributed by atoms with van der Waals surface area (Å²) in [7, 11) is 1.30. The Balaban J connectivity index is 2.28. The predicted molar refractivity (Wildman–Crippen MR) is 77.6 cm³/mol. The molecule has 0 bridgehead atoms. The number of amides is 1. The van der Waals surface area contributed by atoms with Crippen molar-refractivity contribution in [2.75, 3.05) is 12.4 Å². The Morgan fingerprint density at radius 1 is 1.45 bits per heavy atom. The van der Waals surface area contributed by atoms with Crippen molar-refractivity contribution in [3.05, 3.63) is 44.9 Å². The Labute approximate surface area is 124 Å². The Morgan fingerprint density at radius 2 is 2.20 bits per heavy atom. The number of rotatable bonds is 3. The number of methoxy groups -OCH3 is 1. The Hall–Kier alpha value is -1.92. The van der Waals surface area contributed by atoms with Crippen LogP contribution in [0.1, 0.15) is 25.6 Å². The van der Waals surface area contributed by atoms with Crippen molar-refractivity contribution >= 4 is 40.5 Å². The summed E-state index contributed by atoms with van der Waals surface area (Å²) < 4.78 is 4.69. The maximum atomic E-state index is 12.1. The van der Waals surface area contributed by atoms with Gasteiger partial charge in [-0.15, -0.1) is 11.3 Å². The van der Waals surface area contributed by atoms with Crippen molar-refractivity contribution in [3.8, 4) is 0 Å². The largest absolute Gasteiger partial charge is 0.465 e. The van der Waals surface area contributed by atoms with Crippen LogP contribution in [0.25, 0.3) is 0 Å². The van der Waals surface area contributed by atoms with Gasteiger partial charge in [0.2, 0.25) is 0 Å². The molecule has 2 aromatic heterocycles. The van der Waals surface area contributed by atoms with Gasteiger partial charge in [-0.05, 0) is 30.0 Å². The molecular formula is C13H11ClN2O3S. The molecule has 0 fully saturated rings. The average molecular weight is 311 g/mol. The quantitative estimate of drug-likeness (QED) is 0.698. The van der Waals surface area contributed by atoms with Crippen LogP contribution in [0.2, 0.25) is 5.15 Å². The molecule has 2 rings (SSSR count). The van der Waals surface area contributed by atoms with E-state index in [1.165, 1.54) is 30.7 Å². The van der Waals surface area contributed by atoms with Crippen LogP contribution in [0, 0.1) is 6.92 Å². The summed E-state index contributed by atoms with van der Waals surface area (Å²) in [5.41, 5.74) is 1.62. The van der Waals surface area contributed by atoms with Gasteiger partial charge in [-0.25, -0.2) is 9.78 Å². The lowest BCUT2D eigenvalue weighted by Crippen LogP contribution is -2.14. The van der Waals surface area contributed by atoms with Gasteiger partial charge in [0.1, 0.15) is 10.0 Å². The third-order valence-corrected chi connectivity index (χ3v) is 3.86. The summed E-state index contributed by atoms with van der Waals surface area (Å²) in [6.45, 7) is 1.80. The summed E-state index contributed by atoms with van der Waals surface area (Å²) in [5, 5.41) is 4.71. The van der Waals surface area contributed by atoms with Crippen molar-refractivity contribution in [3.63, 3.8) is 0 Å². The molecule has 0 aliphatic heterocycles. The number of anilines is 1. The standard InChI is InChI=1S/C13H11ClN2O3S/c1-7-6-20-11(13(18)19-2)10(7)16-12(17)8-3-4-15-9(14)5-8/h3-6H,1-2H3,(H,16,17). The highest BCUT2D eigenvalue weighted by Gasteiger charge is 2.19. The van der Waals surface area contributed by atoms with E-state index in [1.807, 2.05) is 0 Å². The molecule has 0 spiro atoms. The van der Waals surface area contributed by atoms with Gasteiger partial charge in [0.25, 0.3) is 5.91 Å². The number of aromatic nitrogens is 1. The monoisotopic (exact) mass is 310 g/mol. The fourth-order valence-corrected chi connectivity index (χ4v) is 2.67. The van der Waals surface area contributed by atoms with E-state index in [9.17, 15) is 9.59 Å². The summed E-state index contributed by atoms with van der Waals surface area (Å²) in [5.74, 6) is -0.841. The normalized spacial score (nSPS) is 10.2. The summed E-state index contributed by atoms with van der Waals surface area (Å²) >= 11 is 6.96. The number of pyridine rings is 1. The van der Waals surface area contributed by atoms with Gasteiger partial charge in [-0.3, -0.25) is 4.79 Å². The lowest BCUT2D eigenvalue weighted by atomic mass is 10.2. The number of hydrogen-bond acceptors (Lipinski definition) is 5. The number of esters is 1. The number of aryl methyl sites for hydroxylation is 1. The number of carbonyl (C=O) groups is 2. The summed E-state index contributed by atoms with van der Waals surface area (Å²) in [4.78, 5) is 27.9. The van der Waals surface area contributed by atoms with E-state index in [0.29, 0.717) is 16.1 Å². The third-order valence-electron chi connectivity index (χ3n) is 2.57. The average Bonchev–Trinajstić information content (AvgIpc) is 2.79. The number of nitrogens with one attached hydrogen (secondary N) is 1. The number of thiophene rings is 1. The van der Waals surface area contributed by atoms with E-state index >= 15 is 0 Å². The fraction of sp³-hybridized carbons (Fsp3) is 0.154. The van der Waals surface area contributed by atoms with Crippen LogP contribution < -0.4 is 5.32 Å². The molecule has 104 valence electrons. The molecule has 5 nitrogen and oxygen atoms in total. The first-order valence-electron chi connectivity index (χ1n) is 5.62. The zero-order valence-electron chi connectivity index (χ0n) is 10.8. The zero-order chi connectivity index (χ0) is 14.7. The molecule has 0 aromatic carbocycles. The minimum Gasteiger partial charge on any atom is -0.465 e. The minimum absolute atomic E-state index is 0.230. The number of halogens is 1. The van der Waals surface area contributed by atoms with Crippen molar-refractivity contribution in [2.45, 2.75) is 6.92 Å². The molecular weight excluding hydrogens is 300 g/mol. The van der Waals surface area contributed by atoms with Gasteiger partial charge >= 0.3 is 5.97 Å². The first kappa shape index (κ1) is 14.5. The Kier molecular flexibility index (Phi) is 4.36. The van der Waals surface area contributed by atoms with Crippen molar-refractivity contribution in [1.82, 2.24) is 4.98 Å². The molecule has 0 radical (unpaired) electrons. The van der Waals surface area contributed by atoms with Gasteiger partial charge in [-0.1, -0.05) is 11.6 Å². The smallest absolute Gasteiger partial charge is 0.350 e. The maximum Gasteiger partial charge on any atom is 0.350 e. The molecule has 1 N–H and O–H groups in total. The topological polar surface area (TPSA) is 68.3 Å². The molecule has 0 atom stereocenters. The fourth-order valence-electron chi connectivity index (χ4n) is 1.57. The predicted octanol–water partition coefficient (Wildman–Crippen LogP) is 3.14. The van der Waals surface area contributed by atoms with E-state index in [2.05, 4.69) is 15.0 Å². The van der Waals surface area contributed by atoms with Crippen LogP contribution in [0.3, 0.4) is 0 Å². The summed E-state index contributed by atoms with van der Waals surface area (Å²) in [6.07, 6.45) is 1.44. The van der Waals surface area contributed by atoms with Crippen molar-refractivity contribution < 1.29 is 14.3 Å². The van der Waals surface area contributed by atoms with E-state index in [-0.39, 0.29) is 11.1 Å². The van der Waals surface area contributed by atoms with Crippen LogP contribution in [-0.4, -0.2) is 24.0 Å². The second kappa shape index (κ2) is 6.02. The lowest BCUT2D eigenvalue weighted by Gasteiger charge is -2.07. The second-order valence-corrected chi connectivity index (χ2v) is 5.20.